The largest absolute Gasteiger partial charge is 0.392 e. The van der Waals surface area contributed by atoms with Crippen LogP contribution in [0.2, 0.25) is 0 Å². The number of rotatable bonds is 1. The van der Waals surface area contributed by atoms with Crippen LogP contribution in [-0.2, 0) is 0 Å². The first kappa shape index (κ1) is 9.40. The van der Waals surface area contributed by atoms with Crippen LogP contribution in [0.3, 0.4) is 0 Å². The summed E-state index contributed by atoms with van der Waals surface area (Å²) >= 11 is 0. The maximum Gasteiger partial charge on any atom is 0.0831 e. The summed E-state index contributed by atoms with van der Waals surface area (Å²) in [5.74, 6) is 0. The molecule has 76 valence electrons. The van der Waals surface area contributed by atoms with Gasteiger partial charge in [0, 0.05) is 25.7 Å². The molecule has 0 radical (unpaired) electrons. The third-order valence-electron chi connectivity index (χ3n) is 3.05. The predicted octanol–water partition coefficient (Wildman–Crippen LogP) is -1.22. The zero-order chi connectivity index (χ0) is 9.26. The van der Waals surface area contributed by atoms with E-state index in [0.29, 0.717) is 6.54 Å². The minimum absolute atomic E-state index is 0.193. The van der Waals surface area contributed by atoms with Crippen LogP contribution in [0.5, 0.6) is 0 Å². The van der Waals surface area contributed by atoms with Gasteiger partial charge in [-0.25, -0.2) is 0 Å². The molecule has 13 heavy (non-hydrogen) atoms. The SMILES string of the molecule is OC1CCCN([C@@H]2CNC[C@H]2O)C1. The van der Waals surface area contributed by atoms with Gasteiger partial charge in [0.05, 0.1) is 12.2 Å². The summed E-state index contributed by atoms with van der Waals surface area (Å²) < 4.78 is 0. The van der Waals surface area contributed by atoms with Gasteiger partial charge in [0.25, 0.3) is 0 Å². The fraction of sp³-hybridized carbons (Fsp3) is 1.00. The van der Waals surface area contributed by atoms with E-state index in [1.54, 1.807) is 0 Å². The Hall–Kier alpha value is -0.160. The van der Waals surface area contributed by atoms with Crippen molar-refractivity contribution in [3.05, 3.63) is 0 Å². The summed E-state index contributed by atoms with van der Waals surface area (Å²) in [4.78, 5) is 2.21. The Balaban J connectivity index is 1.91. The monoisotopic (exact) mass is 186 g/mol. The van der Waals surface area contributed by atoms with Crippen LogP contribution in [0, 0.1) is 0 Å². The van der Waals surface area contributed by atoms with E-state index >= 15 is 0 Å². The van der Waals surface area contributed by atoms with Crippen molar-refractivity contribution < 1.29 is 10.2 Å². The van der Waals surface area contributed by atoms with Crippen LogP contribution in [0.25, 0.3) is 0 Å². The third-order valence-corrected chi connectivity index (χ3v) is 3.05. The van der Waals surface area contributed by atoms with Gasteiger partial charge < -0.3 is 15.5 Å². The summed E-state index contributed by atoms with van der Waals surface area (Å²) in [6, 6.07) is 0.218. The number of likely N-dealkylation sites (tertiary alicyclic amines) is 1. The van der Waals surface area contributed by atoms with E-state index in [-0.39, 0.29) is 18.2 Å². The van der Waals surface area contributed by atoms with Crippen LogP contribution in [0.1, 0.15) is 12.8 Å². The lowest BCUT2D eigenvalue weighted by molar-refractivity contribution is 0.0161. The molecule has 0 bridgehead atoms. The van der Waals surface area contributed by atoms with Crippen LogP contribution in [-0.4, -0.2) is 59.5 Å². The standard InChI is InChI=1S/C9H18N2O2/c12-7-2-1-3-11(6-7)8-4-10-5-9(8)13/h7-10,12-13H,1-6H2/t7?,8-,9-/m1/s1. The highest BCUT2D eigenvalue weighted by Crippen LogP contribution is 2.16. The highest BCUT2D eigenvalue weighted by molar-refractivity contribution is 4.90. The molecule has 0 aromatic carbocycles. The van der Waals surface area contributed by atoms with Gasteiger partial charge in [0.2, 0.25) is 0 Å². The molecule has 2 saturated heterocycles. The van der Waals surface area contributed by atoms with Gasteiger partial charge >= 0.3 is 0 Å². The first-order chi connectivity index (χ1) is 6.27. The fourth-order valence-electron chi connectivity index (χ4n) is 2.31. The van der Waals surface area contributed by atoms with Crippen LogP contribution in [0.15, 0.2) is 0 Å². The zero-order valence-corrected chi connectivity index (χ0v) is 7.82. The molecule has 2 heterocycles. The Kier molecular flexibility index (Phi) is 2.83. The lowest BCUT2D eigenvalue weighted by atomic mass is 10.0. The Bertz CT molecular complexity index is 177. The van der Waals surface area contributed by atoms with Gasteiger partial charge in [0.1, 0.15) is 0 Å². The minimum atomic E-state index is -0.259. The van der Waals surface area contributed by atoms with E-state index in [1.165, 1.54) is 0 Å². The molecule has 4 nitrogen and oxygen atoms in total. The molecule has 3 N–H and O–H groups in total. The summed E-state index contributed by atoms with van der Waals surface area (Å²) in [7, 11) is 0. The van der Waals surface area contributed by atoms with Gasteiger partial charge in [-0.1, -0.05) is 0 Å². The molecular formula is C9H18N2O2. The quantitative estimate of drug-likeness (QED) is 0.480. The molecule has 2 aliphatic rings. The van der Waals surface area contributed by atoms with Crippen molar-refractivity contribution in [2.45, 2.75) is 31.1 Å². The lowest BCUT2D eigenvalue weighted by Crippen LogP contribution is -2.49. The van der Waals surface area contributed by atoms with Gasteiger partial charge in [-0.15, -0.1) is 0 Å². The first-order valence-corrected chi connectivity index (χ1v) is 5.08. The molecule has 0 amide bonds. The molecule has 0 aliphatic carbocycles. The summed E-state index contributed by atoms with van der Waals surface area (Å²) in [6.45, 7) is 3.29. The Morgan fingerprint density at radius 1 is 1.23 bits per heavy atom. The van der Waals surface area contributed by atoms with Crippen LogP contribution >= 0.6 is 0 Å². The molecule has 0 aromatic heterocycles. The molecule has 4 heteroatoms. The van der Waals surface area contributed by atoms with E-state index in [9.17, 15) is 10.2 Å². The summed E-state index contributed by atoms with van der Waals surface area (Å²) in [5.41, 5.74) is 0. The zero-order valence-electron chi connectivity index (χ0n) is 7.82. The Labute approximate surface area is 78.5 Å². The topological polar surface area (TPSA) is 55.7 Å². The smallest absolute Gasteiger partial charge is 0.0831 e. The average Bonchev–Trinajstić information content (AvgIpc) is 2.51. The Morgan fingerprint density at radius 2 is 2.08 bits per heavy atom. The molecule has 0 aromatic rings. The van der Waals surface area contributed by atoms with Gasteiger partial charge in [-0.2, -0.15) is 0 Å². The molecular weight excluding hydrogens is 168 g/mol. The molecule has 0 saturated carbocycles. The van der Waals surface area contributed by atoms with Crippen molar-refractivity contribution >= 4 is 0 Å². The fourth-order valence-corrected chi connectivity index (χ4v) is 2.31. The van der Waals surface area contributed by atoms with Crippen molar-refractivity contribution in [3.8, 4) is 0 Å². The van der Waals surface area contributed by atoms with E-state index in [1.807, 2.05) is 0 Å². The number of nitrogens with zero attached hydrogens (tertiary/aromatic N) is 1. The third kappa shape index (κ3) is 2.02. The molecule has 2 aliphatic heterocycles. The molecule has 1 unspecified atom stereocenters. The van der Waals surface area contributed by atoms with Crippen LogP contribution in [0.4, 0.5) is 0 Å². The number of hydrogen-bond acceptors (Lipinski definition) is 4. The molecule has 0 spiro atoms. The predicted molar refractivity (Wildman–Crippen MR) is 49.5 cm³/mol. The normalized spacial score (nSPS) is 42.5. The van der Waals surface area contributed by atoms with E-state index in [4.69, 9.17) is 0 Å². The number of nitrogens with one attached hydrogen (secondary N) is 1. The summed E-state index contributed by atoms with van der Waals surface area (Å²) in [6.07, 6.45) is 1.50. The van der Waals surface area contributed by atoms with Gasteiger partial charge in [-0.3, -0.25) is 4.90 Å². The van der Waals surface area contributed by atoms with Crippen LogP contribution < -0.4 is 5.32 Å². The van der Waals surface area contributed by atoms with Crippen molar-refractivity contribution in [2.24, 2.45) is 0 Å². The maximum absolute atomic E-state index is 9.64. The highest BCUT2D eigenvalue weighted by Gasteiger charge is 2.32. The van der Waals surface area contributed by atoms with Gasteiger partial charge in [0.15, 0.2) is 0 Å². The Morgan fingerprint density at radius 3 is 2.69 bits per heavy atom. The number of aliphatic hydroxyl groups is 2. The summed E-state index contributed by atoms with van der Waals surface area (Å²) in [5, 5.41) is 22.3. The van der Waals surface area contributed by atoms with Crippen molar-refractivity contribution in [3.63, 3.8) is 0 Å². The first-order valence-electron chi connectivity index (χ1n) is 5.08. The number of hydrogen-bond donors (Lipinski definition) is 3. The van der Waals surface area contributed by atoms with Crippen molar-refractivity contribution in [1.29, 1.82) is 0 Å². The number of piperidine rings is 1. The number of β-amino-alcohol motifs (C(OH)–C–C–N with tert-alkyl or cyclic N) is 2. The second-order valence-corrected chi connectivity index (χ2v) is 4.08. The maximum atomic E-state index is 9.64. The molecule has 3 atom stereocenters. The molecule has 2 fully saturated rings. The van der Waals surface area contributed by atoms with E-state index in [0.717, 1.165) is 32.5 Å². The van der Waals surface area contributed by atoms with Crippen molar-refractivity contribution in [2.75, 3.05) is 26.2 Å². The van der Waals surface area contributed by atoms with Crippen molar-refractivity contribution in [1.82, 2.24) is 10.2 Å². The van der Waals surface area contributed by atoms with Gasteiger partial charge in [-0.05, 0) is 19.4 Å². The van der Waals surface area contributed by atoms with E-state index < -0.39 is 0 Å². The van der Waals surface area contributed by atoms with E-state index in [2.05, 4.69) is 10.2 Å². The minimum Gasteiger partial charge on any atom is -0.392 e. The molecule has 2 rings (SSSR count). The second kappa shape index (κ2) is 3.92. The number of aliphatic hydroxyl groups excluding tert-OH is 2. The second-order valence-electron chi connectivity index (χ2n) is 4.08. The average molecular weight is 186 g/mol. The lowest BCUT2D eigenvalue weighted by Gasteiger charge is -2.35. The highest BCUT2D eigenvalue weighted by atomic mass is 16.3.